The highest BCUT2D eigenvalue weighted by molar-refractivity contribution is 8.26. The Balaban J connectivity index is 1.77. The van der Waals surface area contributed by atoms with Crippen LogP contribution in [-0.2, 0) is 4.79 Å². The number of benzene rings is 2. The first-order chi connectivity index (χ1) is 13.4. The van der Waals surface area contributed by atoms with Crippen molar-refractivity contribution in [1.82, 2.24) is 10.4 Å². The predicted molar refractivity (Wildman–Crippen MR) is 110 cm³/mol. The fraction of sp³-hybridized carbons (Fsp3) is 0.105. The Kier molecular flexibility index (Phi) is 5.86. The smallest absolute Gasteiger partial charge is 0.285 e. The van der Waals surface area contributed by atoms with Crippen LogP contribution in [0.3, 0.4) is 0 Å². The topological polar surface area (TPSA) is 99.1 Å². The zero-order valence-electron chi connectivity index (χ0n) is 14.7. The molecule has 28 heavy (non-hydrogen) atoms. The van der Waals surface area contributed by atoms with Gasteiger partial charge in [-0.3, -0.25) is 15.0 Å². The summed E-state index contributed by atoms with van der Waals surface area (Å²) in [7, 11) is 0. The van der Waals surface area contributed by atoms with Gasteiger partial charge in [0, 0.05) is 5.56 Å². The molecule has 3 N–H and O–H groups in total. The van der Waals surface area contributed by atoms with E-state index in [4.69, 9.17) is 17.0 Å². The minimum atomic E-state index is -0.527. The summed E-state index contributed by atoms with van der Waals surface area (Å²) in [5, 5.41) is 20.1. The lowest BCUT2D eigenvalue weighted by atomic mass is 10.2. The molecule has 3 rings (SSSR count). The van der Waals surface area contributed by atoms with Gasteiger partial charge in [0.2, 0.25) is 0 Å². The van der Waals surface area contributed by atoms with E-state index in [-0.39, 0.29) is 21.4 Å². The second-order valence-electron chi connectivity index (χ2n) is 5.67. The maximum absolute atomic E-state index is 12.6. The number of aromatic hydroxyl groups is 2. The molecule has 1 saturated heterocycles. The SMILES string of the molecule is CCOc1cc(C=C2SC(=S)N(NC(=O)c3ccc(O)cc3)C2=O)ccc1O. The van der Waals surface area contributed by atoms with E-state index in [1.54, 1.807) is 25.1 Å². The molecule has 0 bridgehead atoms. The first-order valence-electron chi connectivity index (χ1n) is 8.23. The highest BCUT2D eigenvalue weighted by Crippen LogP contribution is 2.33. The van der Waals surface area contributed by atoms with Crippen LogP contribution in [0.2, 0.25) is 0 Å². The summed E-state index contributed by atoms with van der Waals surface area (Å²) in [4.78, 5) is 25.3. The van der Waals surface area contributed by atoms with Crippen molar-refractivity contribution in [2.24, 2.45) is 0 Å². The van der Waals surface area contributed by atoms with Crippen molar-refractivity contribution in [3.8, 4) is 17.2 Å². The van der Waals surface area contributed by atoms with E-state index in [0.717, 1.165) is 16.8 Å². The molecule has 1 fully saturated rings. The highest BCUT2D eigenvalue weighted by atomic mass is 32.2. The first-order valence-corrected chi connectivity index (χ1v) is 9.45. The standard InChI is InChI=1S/C19H16N2O5S2/c1-2-26-15-9-11(3-8-14(15)23)10-16-18(25)21(19(27)28-16)20-17(24)12-4-6-13(22)7-5-12/h3-10,22-23H,2H2,1H3,(H,20,24). The van der Waals surface area contributed by atoms with Gasteiger partial charge in [-0.15, -0.1) is 0 Å². The van der Waals surface area contributed by atoms with Gasteiger partial charge in [-0.25, -0.2) is 0 Å². The van der Waals surface area contributed by atoms with E-state index >= 15 is 0 Å². The lowest BCUT2D eigenvalue weighted by Gasteiger charge is -2.15. The van der Waals surface area contributed by atoms with Crippen LogP contribution in [0.25, 0.3) is 6.08 Å². The van der Waals surface area contributed by atoms with Gasteiger partial charge in [-0.2, -0.15) is 5.01 Å². The molecule has 144 valence electrons. The van der Waals surface area contributed by atoms with Gasteiger partial charge in [-0.05, 0) is 67.2 Å². The molecule has 1 aliphatic rings. The molecule has 2 aromatic rings. The number of hydrogen-bond donors (Lipinski definition) is 3. The average Bonchev–Trinajstić information content (AvgIpc) is 2.92. The number of carbonyl (C=O) groups is 2. The number of thiocarbonyl (C=S) groups is 1. The van der Waals surface area contributed by atoms with Crippen molar-refractivity contribution in [2.45, 2.75) is 6.92 Å². The first kappa shape index (κ1) is 19.7. The number of rotatable bonds is 5. The number of ether oxygens (including phenoxy) is 1. The van der Waals surface area contributed by atoms with E-state index < -0.39 is 11.8 Å². The summed E-state index contributed by atoms with van der Waals surface area (Å²) in [6.45, 7) is 2.19. The Hall–Kier alpha value is -3.04. The van der Waals surface area contributed by atoms with E-state index in [2.05, 4.69) is 5.43 Å². The van der Waals surface area contributed by atoms with Crippen LogP contribution in [0.1, 0.15) is 22.8 Å². The van der Waals surface area contributed by atoms with E-state index in [0.29, 0.717) is 22.8 Å². The van der Waals surface area contributed by atoms with Crippen molar-refractivity contribution in [3.63, 3.8) is 0 Å². The Labute approximate surface area is 170 Å². The lowest BCUT2D eigenvalue weighted by Crippen LogP contribution is -2.44. The Morgan fingerprint density at radius 2 is 1.96 bits per heavy atom. The van der Waals surface area contributed by atoms with E-state index in [1.807, 2.05) is 0 Å². The number of phenols is 2. The molecule has 0 spiro atoms. The summed E-state index contributed by atoms with van der Waals surface area (Å²) >= 11 is 6.25. The van der Waals surface area contributed by atoms with Gasteiger partial charge in [0.1, 0.15) is 5.75 Å². The highest BCUT2D eigenvalue weighted by Gasteiger charge is 2.33. The molecule has 2 aromatic carbocycles. The van der Waals surface area contributed by atoms with Gasteiger partial charge in [0.15, 0.2) is 15.8 Å². The molecule has 0 saturated carbocycles. The third kappa shape index (κ3) is 4.26. The molecule has 1 aliphatic heterocycles. The predicted octanol–water partition coefficient (Wildman–Crippen LogP) is 3.04. The Morgan fingerprint density at radius 1 is 1.25 bits per heavy atom. The lowest BCUT2D eigenvalue weighted by molar-refractivity contribution is -0.123. The van der Waals surface area contributed by atoms with Crippen LogP contribution in [0.5, 0.6) is 17.2 Å². The number of hydrazine groups is 1. The van der Waals surface area contributed by atoms with Gasteiger partial charge in [0.05, 0.1) is 11.5 Å². The molecule has 1 heterocycles. The van der Waals surface area contributed by atoms with Crippen LogP contribution >= 0.6 is 24.0 Å². The fourth-order valence-electron chi connectivity index (χ4n) is 2.39. The third-order valence-electron chi connectivity index (χ3n) is 3.72. The number of thioether (sulfide) groups is 1. The molecule has 0 aromatic heterocycles. The number of nitrogens with one attached hydrogen (secondary N) is 1. The van der Waals surface area contributed by atoms with Crippen molar-refractivity contribution in [1.29, 1.82) is 0 Å². The summed E-state index contributed by atoms with van der Waals surface area (Å²) in [5.74, 6) is -0.639. The van der Waals surface area contributed by atoms with Crippen molar-refractivity contribution in [3.05, 3.63) is 58.5 Å². The second kappa shape index (κ2) is 8.32. The van der Waals surface area contributed by atoms with E-state index in [1.165, 1.54) is 30.3 Å². The molecule has 0 unspecified atom stereocenters. The zero-order chi connectivity index (χ0) is 20.3. The van der Waals surface area contributed by atoms with Gasteiger partial charge in [-0.1, -0.05) is 17.8 Å². The number of nitrogens with zero attached hydrogens (tertiary/aromatic N) is 1. The Morgan fingerprint density at radius 3 is 2.64 bits per heavy atom. The van der Waals surface area contributed by atoms with Crippen molar-refractivity contribution in [2.75, 3.05) is 6.61 Å². The Bertz CT molecular complexity index is 973. The molecular formula is C19H16N2O5S2. The molecule has 0 aliphatic carbocycles. The number of carbonyl (C=O) groups excluding carboxylic acids is 2. The maximum Gasteiger partial charge on any atom is 0.285 e. The molecule has 7 nitrogen and oxygen atoms in total. The largest absolute Gasteiger partial charge is 0.508 e. The average molecular weight is 416 g/mol. The van der Waals surface area contributed by atoms with Gasteiger partial charge >= 0.3 is 0 Å². The number of amides is 2. The number of hydrogen-bond acceptors (Lipinski definition) is 7. The van der Waals surface area contributed by atoms with Crippen LogP contribution in [0.4, 0.5) is 0 Å². The van der Waals surface area contributed by atoms with Crippen LogP contribution < -0.4 is 10.2 Å². The van der Waals surface area contributed by atoms with Crippen LogP contribution in [0.15, 0.2) is 47.4 Å². The quantitative estimate of drug-likeness (QED) is 0.509. The fourth-order valence-corrected chi connectivity index (χ4v) is 3.57. The van der Waals surface area contributed by atoms with Crippen molar-refractivity contribution < 1.29 is 24.5 Å². The number of phenolic OH excluding ortho intramolecular Hbond substituents is 2. The summed E-state index contributed by atoms with van der Waals surface area (Å²) < 4.78 is 5.53. The van der Waals surface area contributed by atoms with Crippen LogP contribution in [0, 0.1) is 0 Å². The summed E-state index contributed by atoms with van der Waals surface area (Å²) in [5.41, 5.74) is 3.39. The molecular weight excluding hydrogens is 400 g/mol. The van der Waals surface area contributed by atoms with Crippen molar-refractivity contribution >= 4 is 46.2 Å². The third-order valence-corrected chi connectivity index (χ3v) is 5.02. The summed E-state index contributed by atoms with van der Waals surface area (Å²) in [6.07, 6.45) is 1.61. The molecule has 2 amide bonds. The van der Waals surface area contributed by atoms with E-state index in [9.17, 15) is 19.8 Å². The zero-order valence-corrected chi connectivity index (χ0v) is 16.3. The van der Waals surface area contributed by atoms with Gasteiger partial charge in [0.25, 0.3) is 11.8 Å². The normalized spacial score (nSPS) is 15.2. The molecule has 0 radical (unpaired) electrons. The minimum Gasteiger partial charge on any atom is -0.508 e. The van der Waals surface area contributed by atoms with Gasteiger partial charge < -0.3 is 14.9 Å². The minimum absolute atomic E-state index is 0.00714. The van der Waals surface area contributed by atoms with Crippen LogP contribution in [-0.4, -0.2) is 38.0 Å². The molecule has 0 atom stereocenters. The maximum atomic E-state index is 12.6. The molecule has 9 heteroatoms. The second-order valence-corrected chi connectivity index (χ2v) is 7.34. The monoisotopic (exact) mass is 416 g/mol. The summed E-state index contributed by atoms with van der Waals surface area (Å²) in [6, 6.07) is 10.3.